The number of hydrogen-bond donors (Lipinski definition) is 0. The van der Waals surface area contributed by atoms with Crippen LogP contribution >= 0.6 is 0 Å². The van der Waals surface area contributed by atoms with E-state index in [9.17, 15) is 23.2 Å². The van der Waals surface area contributed by atoms with E-state index in [0.29, 0.717) is 44.1 Å². The minimum absolute atomic E-state index is 0.328. The Bertz CT molecular complexity index is 1070. The normalized spacial score (nSPS) is 21.6. The zero-order valence-corrected chi connectivity index (χ0v) is 18.5. The molecule has 11 heteroatoms. The lowest BCUT2D eigenvalue weighted by molar-refractivity contribution is -0.251. The average molecular weight is 488 g/mol. The Hall–Kier alpha value is -3.57. The Morgan fingerprint density at radius 2 is 1.49 bits per heavy atom. The van der Waals surface area contributed by atoms with E-state index in [4.69, 9.17) is 19.0 Å². The van der Waals surface area contributed by atoms with Gasteiger partial charge in [0.1, 0.15) is 17.7 Å². The molecule has 5 rings (SSSR count). The summed E-state index contributed by atoms with van der Waals surface area (Å²) in [5, 5.41) is 0.679. The third-order valence-corrected chi connectivity index (χ3v) is 6.44. The minimum Gasteiger partial charge on any atom is -0.434 e. The second-order valence-electron chi connectivity index (χ2n) is 8.59. The summed E-state index contributed by atoms with van der Waals surface area (Å²) in [7, 11) is 0. The summed E-state index contributed by atoms with van der Waals surface area (Å²) < 4.78 is 43.5. The van der Waals surface area contributed by atoms with Crippen LogP contribution in [0.2, 0.25) is 0 Å². The summed E-state index contributed by atoms with van der Waals surface area (Å²) in [4.78, 5) is 42.0. The van der Waals surface area contributed by atoms with Gasteiger partial charge in [-0.25, -0.2) is 23.2 Å². The molecular weight excluding hydrogens is 466 g/mol. The lowest BCUT2D eigenvalue weighted by Crippen LogP contribution is -2.57. The van der Waals surface area contributed by atoms with Crippen molar-refractivity contribution in [2.45, 2.75) is 30.8 Å². The molecule has 1 unspecified atom stereocenters. The molecule has 3 heterocycles. The molecule has 3 saturated heterocycles. The molecule has 3 fully saturated rings. The number of rotatable bonds is 6. The Morgan fingerprint density at radius 3 is 2.06 bits per heavy atom. The summed E-state index contributed by atoms with van der Waals surface area (Å²) in [5.41, 5.74) is 0.389. The van der Waals surface area contributed by atoms with Crippen molar-refractivity contribution in [1.82, 2.24) is 9.96 Å². The first-order chi connectivity index (χ1) is 16.8. The van der Waals surface area contributed by atoms with Gasteiger partial charge >= 0.3 is 18.0 Å². The molecule has 35 heavy (non-hydrogen) atoms. The van der Waals surface area contributed by atoms with Gasteiger partial charge in [0, 0.05) is 32.5 Å². The molecule has 0 saturated carbocycles. The zero-order valence-electron chi connectivity index (χ0n) is 18.5. The molecule has 1 spiro atoms. The fourth-order valence-electron chi connectivity index (χ4n) is 4.56. The summed E-state index contributed by atoms with van der Waals surface area (Å²) in [6.45, 7) is 1.91. The number of ether oxygens (including phenoxy) is 3. The van der Waals surface area contributed by atoms with Crippen LogP contribution < -0.4 is 0 Å². The van der Waals surface area contributed by atoms with E-state index in [1.165, 1.54) is 24.3 Å². The number of amides is 1. The smallest absolute Gasteiger partial charge is 0.434 e. The third-order valence-electron chi connectivity index (χ3n) is 6.44. The molecule has 0 bridgehead atoms. The molecule has 2 aromatic carbocycles. The van der Waals surface area contributed by atoms with E-state index in [1.807, 2.05) is 0 Å². The highest BCUT2D eigenvalue weighted by Crippen LogP contribution is 2.41. The van der Waals surface area contributed by atoms with Crippen LogP contribution in [0.4, 0.5) is 13.6 Å². The van der Waals surface area contributed by atoms with Gasteiger partial charge < -0.3 is 23.9 Å². The Labute approximate surface area is 199 Å². The fraction of sp³-hybridized carbons (Fsp3) is 0.375. The van der Waals surface area contributed by atoms with Crippen molar-refractivity contribution in [3.8, 4) is 0 Å². The van der Waals surface area contributed by atoms with E-state index >= 15 is 0 Å². The Morgan fingerprint density at radius 1 is 0.914 bits per heavy atom. The number of carbonyl (C=O) groups is 3. The van der Waals surface area contributed by atoms with Crippen LogP contribution in [0.25, 0.3) is 0 Å². The van der Waals surface area contributed by atoms with Gasteiger partial charge in [0.15, 0.2) is 5.60 Å². The maximum atomic E-state index is 13.4. The number of piperidine rings is 1. The molecule has 2 aromatic rings. The molecule has 0 aromatic heterocycles. The van der Waals surface area contributed by atoms with Gasteiger partial charge in [0.25, 0.3) is 6.23 Å². The van der Waals surface area contributed by atoms with Crippen molar-refractivity contribution in [3.05, 3.63) is 71.3 Å². The molecule has 1 atom stereocenters. The SMILES string of the molecule is O=C1OC2N(OC1=O)C(=O)OC21CCN(CCOC(c2ccc(F)cc2)c2ccc(F)cc2)CC1. The Balaban J connectivity index is 1.20. The van der Waals surface area contributed by atoms with Crippen LogP contribution in [0.1, 0.15) is 30.1 Å². The van der Waals surface area contributed by atoms with Gasteiger partial charge in [-0.05, 0) is 35.4 Å². The summed E-state index contributed by atoms with van der Waals surface area (Å²) >= 11 is 0. The second-order valence-corrected chi connectivity index (χ2v) is 8.59. The van der Waals surface area contributed by atoms with Gasteiger partial charge in [-0.3, -0.25) is 0 Å². The summed E-state index contributed by atoms with van der Waals surface area (Å²) in [6.07, 6.45) is -1.75. The van der Waals surface area contributed by atoms with Gasteiger partial charge in [-0.2, -0.15) is 0 Å². The topological polar surface area (TPSA) is 94.6 Å². The molecule has 0 radical (unpaired) electrons. The van der Waals surface area contributed by atoms with E-state index in [0.717, 1.165) is 11.1 Å². The number of esters is 1. The lowest BCUT2D eigenvalue weighted by atomic mass is 9.89. The third kappa shape index (κ3) is 4.56. The monoisotopic (exact) mass is 488 g/mol. The van der Waals surface area contributed by atoms with Crippen molar-refractivity contribution in [2.24, 2.45) is 0 Å². The van der Waals surface area contributed by atoms with Crippen molar-refractivity contribution >= 4 is 18.0 Å². The van der Waals surface area contributed by atoms with Crippen LogP contribution in [0.3, 0.4) is 0 Å². The van der Waals surface area contributed by atoms with Gasteiger partial charge in [-0.1, -0.05) is 29.3 Å². The molecular formula is C24H22F2N2O7. The highest BCUT2D eigenvalue weighted by atomic mass is 19.1. The van der Waals surface area contributed by atoms with Crippen molar-refractivity contribution < 1.29 is 42.2 Å². The number of likely N-dealkylation sites (tertiary alicyclic amines) is 1. The fourth-order valence-corrected chi connectivity index (χ4v) is 4.56. The van der Waals surface area contributed by atoms with Crippen LogP contribution in [-0.4, -0.2) is 66.1 Å². The Kier molecular flexibility index (Phi) is 6.12. The van der Waals surface area contributed by atoms with E-state index in [-0.39, 0.29) is 11.6 Å². The van der Waals surface area contributed by atoms with Crippen LogP contribution in [0, 0.1) is 11.6 Å². The molecule has 184 valence electrons. The quantitative estimate of drug-likeness (QED) is 0.453. The molecule has 3 aliphatic rings. The molecule has 1 amide bonds. The predicted octanol–water partition coefficient (Wildman–Crippen LogP) is 2.70. The highest BCUT2D eigenvalue weighted by molar-refractivity contribution is 6.30. The summed E-state index contributed by atoms with van der Waals surface area (Å²) in [6, 6.07) is 11.9. The number of benzene rings is 2. The number of hydroxylamine groups is 2. The maximum absolute atomic E-state index is 13.4. The highest BCUT2D eigenvalue weighted by Gasteiger charge is 2.62. The first kappa shape index (κ1) is 23.2. The van der Waals surface area contributed by atoms with Gasteiger partial charge in [0.2, 0.25) is 0 Å². The van der Waals surface area contributed by atoms with Crippen molar-refractivity contribution in [2.75, 3.05) is 26.2 Å². The van der Waals surface area contributed by atoms with Crippen LogP contribution in [0.5, 0.6) is 0 Å². The number of hydrogen-bond acceptors (Lipinski definition) is 8. The van der Waals surface area contributed by atoms with E-state index in [2.05, 4.69) is 4.90 Å². The first-order valence-corrected chi connectivity index (χ1v) is 11.1. The predicted molar refractivity (Wildman–Crippen MR) is 113 cm³/mol. The van der Waals surface area contributed by atoms with E-state index in [1.54, 1.807) is 24.3 Å². The standard InChI is InChI=1S/C24H22F2N2O7/c25-17-5-1-15(2-6-17)19(16-3-7-18(26)8-4-16)32-14-13-27-11-9-24(10-12-27)22-28(23(31)34-24)35-21(30)20(29)33-22/h1-8,19,22H,9-14H2. The van der Waals surface area contributed by atoms with Gasteiger partial charge in [-0.15, -0.1) is 0 Å². The second kappa shape index (κ2) is 9.23. The lowest BCUT2D eigenvalue weighted by Gasteiger charge is -2.40. The van der Waals surface area contributed by atoms with Crippen molar-refractivity contribution in [3.63, 3.8) is 0 Å². The maximum Gasteiger partial charge on any atom is 0.447 e. The molecule has 0 N–H and O–H groups in total. The molecule has 3 aliphatic heterocycles. The molecule has 9 nitrogen and oxygen atoms in total. The zero-order chi connectivity index (χ0) is 24.6. The number of fused-ring (bicyclic) bond motifs is 2. The van der Waals surface area contributed by atoms with Crippen LogP contribution in [0.15, 0.2) is 48.5 Å². The van der Waals surface area contributed by atoms with Crippen LogP contribution in [-0.2, 0) is 28.6 Å². The average Bonchev–Trinajstić information content (AvgIpc) is 3.10. The van der Waals surface area contributed by atoms with Gasteiger partial charge in [0.05, 0.1) is 6.61 Å². The number of halogens is 2. The largest absolute Gasteiger partial charge is 0.447 e. The van der Waals surface area contributed by atoms with E-state index < -0.39 is 36.0 Å². The minimum atomic E-state index is -1.26. The number of carbonyl (C=O) groups excluding carboxylic acids is 3. The van der Waals surface area contributed by atoms with Crippen molar-refractivity contribution in [1.29, 1.82) is 0 Å². The molecule has 0 aliphatic carbocycles. The summed E-state index contributed by atoms with van der Waals surface area (Å²) in [5.74, 6) is -3.15. The number of nitrogens with zero attached hydrogens (tertiary/aromatic N) is 2. The first-order valence-electron chi connectivity index (χ1n) is 11.1.